The Hall–Kier alpha value is -3.50. The molecule has 0 aliphatic carbocycles. The summed E-state index contributed by atoms with van der Waals surface area (Å²) >= 11 is 2.42. The Morgan fingerprint density at radius 1 is 1.00 bits per heavy atom. The fourth-order valence-corrected chi connectivity index (χ4v) is 6.74. The largest absolute Gasteiger partial charge is 0.497 e. The van der Waals surface area contributed by atoms with Crippen LogP contribution in [0.2, 0.25) is 0 Å². The van der Waals surface area contributed by atoms with Gasteiger partial charge < -0.3 is 10.1 Å². The summed E-state index contributed by atoms with van der Waals surface area (Å²) in [6.45, 7) is 0. The third-order valence-electron chi connectivity index (χ3n) is 6.01. The molecule has 2 aliphatic rings. The van der Waals surface area contributed by atoms with Gasteiger partial charge in [-0.1, -0.05) is 48.2 Å². The van der Waals surface area contributed by atoms with Crippen LogP contribution in [0, 0.1) is 0 Å². The number of nitrogens with one attached hydrogen (secondary N) is 1. The maximum absolute atomic E-state index is 15.1. The van der Waals surface area contributed by atoms with E-state index in [1.54, 1.807) is 24.3 Å². The number of ether oxygens (including phenoxy) is 1. The Morgan fingerprint density at radius 2 is 1.71 bits per heavy atom. The Kier molecular flexibility index (Phi) is 4.87. The molecule has 0 saturated heterocycles. The van der Waals surface area contributed by atoms with E-state index >= 15 is 13.2 Å². The Morgan fingerprint density at radius 3 is 2.43 bits per heavy atom. The van der Waals surface area contributed by atoms with E-state index in [1.165, 1.54) is 47.6 Å². The Labute approximate surface area is 206 Å². The van der Waals surface area contributed by atoms with Gasteiger partial charge in [-0.3, -0.25) is 9.69 Å². The second kappa shape index (κ2) is 7.76. The summed E-state index contributed by atoms with van der Waals surface area (Å²) < 4.78 is 51.4. The molecular formula is C25H16F3N3O2S2. The van der Waals surface area contributed by atoms with Crippen molar-refractivity contribution < 1.29 is 22.7 Å². The molecule has 10 heteroatoms. The van der Waals surface area contributed by atoms with E-state index in [0.29, 0.717) is 26.9 Å². The lowest BCUT2D eigenvalue weighted by Crippen LogP contribution is -2.68. The van der Waals surface area contributed by atoms with Gasteiger partial charge in [0.15, 0.2) is 0 Å². The third-order valence-corrected chi connectivity index (χ3v) is 8.21. The van der Waals surface area contributed by atoms with E-state index in [0.717, 1.165) is 16.5 Å². The molecule has 1 amide bonds. The number of nitrogens with zero attached hydrogens (tertiary/aromatic N) is 2. The van der Waals surface area contributed by atoms with Crippen LogP contribution < -0.4 is 15.0 Å². The minimum absolute atomic E-state index is 0.126. The van der Waals surface area contributed by atoms with Crippen LogP contribution in [0.1, 0.15) is 10.6 Å². The van der Waals surface area contributed by atoms with Gasteiger partial charge in [0.05, 0.1) is 28.0 Å². The van der Waals surface area contributed by atoms with Gasteiger partial charge >= 0.3 is 6.18 Å². The molecule has 0 spiro atoms. The average Bonchev–Trinajstić information content (AvgIpc) is 3.44. The Bertz CT molecular complexity index is 1480. The number of hydrogen-bond acceptors (Lipinski definition) is 6. The number of hydrogen-bond donors (Lipinski definition) is 1. The molecule has 1 N–H and O–H groups in total. The first-order valence-corrected chi connectivity index (χ1v) is 12.2. The van der Waals surface area contributed by atoms with Crippen LogP contribution in [0.4, 0.5) is 18.9 Å². The quantitative estimate of drug-likeness (QED) is 0.359. The number of carbonyl (C=O) groups excluding carboxylic acids is 1. The van der Waals surface area contributed by atoms with Crippen LogP contribution in [0.5, 0.6) is 5.75 Å². The van der Waals surface area contributed by atoms with Crippen LogP contribution >= 0.6 is 23.1 Å². The van der Waals surface area contributed by atoms with Crippen molar-refractivity contribution in [2.45, 2.75) is 16.7 Å². The predicted octanol–water partition coefficient (Wildman–Crippen LogP) is 6.13. The maximum atomic E-state index is 15.1. The van der Waals surface area contributed by atoms with E-state index < -0.39 is 17.7 Å². The summed E-state index contributed by atoms with van der Waals surface area (Å²) in [5.74, 6) is -0.418. The topological polar surface area (TPSA) is 54.5 Å². The number of methoxy groups -OCH3 is 1. The molecule has 1 atom stereocenters. The van der Waals surface area contributed by atoms with Crippen molar-refractivity contribution in [1.29, 1.82) is 0 Å². The number of fused-ring (bicyclic) bond motifs is 4. The molecule has 35 heavy (non-hydrogen) atoms. The maximum Gasteiger partial charge on any atom is 0.435 e. The van der Waals surface area contributed by atoms with Crippen LogP contribution in [0.3, 0.4) is 0 Å². The highest BCUT2D eigenvalue weighted by Gasteiger charge is 2.66. The number of anilines is 1. The van der Waals surface area contributed by atoms with E-state index in [2.05, 4.69) is 10.3 Å². The number of alkyl halides is 3. The Balaban J connectivity index is 1.65. The van der Waals surface area contributed by atoms with Crippen molar-refractivity contribution in [3.05, 3.63) is 88.4 Å². The molecule has 4 aromatic rings. The monoisotopic (exact) mass is 511 g/mol. The minimum Gasteiger partial charge on any atom is -0.497 e. The SMILES string of the molecule is COc1ccc([C@]2(C(F)(F)F)NC(=O)C(c3nc4ccccc4s3)=C3Sc4ccccc4N32)cc1. The van der Waals surface area contributed by atoms with Gasteiger partial charge in [0.25, 0.3) is 5.91 Å². The van der Waals surface area contributed by atoms with Gasteiger partial charge in [-0.15, -0.1) is 11.3 Å². The van der Waals surface area contributed by atoms with E-state index in [4.69, 9.17) is 4.74 Å². The van der Waals surface area contributed by atoms with Crippen LogP contribution in [0.15, 0.2) is 82.7 Å². The molecule has 3 heterocycles. The highest BCUT2D eigenvalue weighted by Crippen LogP contribution is 2.59. The molecule has 5 nitrogen and oxygen atoms in total. The van der Waals surface area contributed by atoms with Crippen molar-refractivity contribution in [2.24, 2.45) is 0 Å². The first-order valence-electron chi connectivity index (χ1n) is 10.5. The second-order valence-electron chi connectivity index (χ2n) is 7.96. The smallest absolute Gasteiger partial charge is 0.435 e. The summed E-state index contributed by atoms with van der Waals surface area (Å²) in [6, 6.07) is 19.8. The van der Waals surface area contributed by atoms with Crippen LogP contribution in [-0.2, 0) is 10.5 Å². The van der Waals surface area contributed by atoms with Gasteiger partial charge in [0, 0.05) is 10.5 Å². The first kappa shape index (κ1) is 22.0. The molecule has 0 fully saturated rings. The molecule has 0 unspecified atom stereocenters. The first-order chi connectivity index (χ1) is 16.8. The molecular weight excluding hydrogens is 495 g/mol. The van der Waals surface area contributed by atoms with Crippen molar-refractivity contribution in [3.8, 4) is 5.75 Å². The zero-order chi connectivity index (χ0) is 24.4. The molecule has 0 radical (unpaired) electrons. The molecule has 0 bridgehead atoms. The average molecular weight is 512 g/mol. The molecule has 176 valence electrons. The minimum atomic E-state index is -4.86. The lowest BCUT2D eigenvalue weighted by atomic mass is 9.92. The standard InChI is InChI=1S/C25H16F3N3O2S2/c1-33-15-12-10-14(11-13-15)24(25(26,27)28)30-21(32)20(22-29-16-6-2-4-8-18(16)34-22)23-31(24)17-7-3-5-9-19(17)35-23/h2-13H,1H3,(H,30,32)/t24-/m0/s1. The molecule has 0 saturated carbocycles. The van der Waals surface area contributed by atoms with Crippen molar-refractivity contribution in [1.82, 2.24) is 10.3 Å². The molecule has 6 rings (SSSR count). The van der Waals surface area contributed by atoms with Crippen molar-refractivity contribution in [2.75, 3.05) is 12.0 Å². The number of amides is 1. The summed E-state index contributed by atoms with van der Waals surface area (Å²) in [5, 5.41) is 2.91. The summed E-state index contributed by atoms with van der Waals surface area (Å²) in [5.41, 5.74) is -1.77. The van der Waals surface area contributed by atoms with Gasteiger partial charge in [0.2, 0.25) is 5.66 Å². The molecule has 1 aromatic heterocycles. The van der Waals surface area contributed by atoms with Gasteiger partial charge in [-0.2, -0.15) is 13.2 Å². The van der Waals surface area contributed by atoms with Crippen LogP contribution in [-0.4, -0.2) is 24.2 Å². The number of thiazole rings is 1. The van der Waals surface area contributed by atoms with E-state index in [9.17, 15) is 4.79 Å². The van der Waals surface area contributed by atoms with Crippen LogP contribution in [0.25, 0.3) is 15.8 Å². The van der Waals surface area contributed by atoms with Gasteiger partial charge in [-0.05, 0) is 36.4 Å². The summed E-state index contributed by atoms with van der Waals surface area (Å²) in [6.07, 6.45) is -4.86. The van der Waals surface area contributed by atoms with Crippen molar-refractivity contribution >= 4 is 50.5 Å². The fraction of sp³-hybridized carbons (Fsp3) is 0.120. The van der Waals surface area contributed by atoms with Gasteiger partial charge in [-0.25, -0.2) is 4.98 Å². The van der Waals surface area contributed by atoms with E-state index in [1.807, 2.05) is 24.3 Å². The van der Waals surface area contributed by atoms with Crippen molar-refractivity contribution in [3.63, 3.8) is 0 Å². The molecule has 3 aromatic carbocycles. The summed E-state index contributed by atoms with van der Waals surface area (Å²) in [4.78, 5) is 20.0. The number of thioether (sulfide) groups is 1. The predicted molar refractivity (Wildman–Crippen MR) is 130 cm³/mol. The lowest BCUT2D eigenvalue weighted by molar-refractivity contribution is -0.201. The number of aromatic nitrogens is 1. The fourth-order valence-electron chi connectivity index (χ4n) is 4.43. The van der Waals surface area contributed by atoms with E-state index in [-0.39, 0.29) is 16.2 Å². The number of halogens is 3. The normalized spacial score (nSPS) is 19.5. The summed E-state index contributed by atoms with van der Waals surface area (Å²) in [7, 11) is 1.44. The highest BCUT2D eigenvalue weighted by atomic mass is 32.2. The number of benzene rings is 3. The van der Waals surface area contributed by atoms with Gasteiger partial charge in [0.1, 0.15) is 16.3 Å². The number of carbonyl (C=O) groups is 1. The molecule has 2 aliphatic heterocycles. The number of rotatable bonds is 3. The number of para-hydroxylation sites is 2. The zero-order valence-corrected chi connectivity index (χ0v) is 19.7. The lowest BCUT2D eigenvalue weighted by Gasteiger charge is -2.47. The second-order valence-corrected chi connectivity index (χ2v) is 10.0. The third kappa shape index (κ3) is 3.16. The highest BCUT2D eigenvalue weighted by molar-refractivity contribution is 8.04. The zero-order valence-electron chi connectivity index (χ0n) is 18.1.